The second-order valence-electron chi connectivity index (χ2n) is 5.02. The smallest absolute Gasteiger partial charge is 0.127 e. The van der Waals surface area contributed by atoms with Crippen LogP contribution in [0.2, 0.25) is 0 Å². The standard InChI is InChI=1S/C18H20O3/c1-4-5-14-12-17(10-11-18(14)19)21-16-8-6-15(7-9-16)20-13(2)3/h4,6-13,19H,1,5H2,2-3H3. The number of hydrogen-bond acceptors (Lipinski definition) is 3. The first-order valence-electron chi connectivity index (χ1n) is 6.96. The van der Waals surface area contributed by atoms with Gasteiger partial charge in [-0.2, -0.15) is 0 Å². The fourth-order valence-electron chi connectivity index (χ4n) is 1.94. The molecule has 2 aromatic rings. The van der Waals surface area contributed by atoms with E-state index < -0.39 is 0 Å². The minimum absolute atomic E-state index is 0.148. The van der Waals surface area contributed by atoms with Crippen LogP contribution >= 0.6 is 0 Å². The molecule has 0 aromatic heterocycles. The number of aromatic hydroxyl groups is 1. The van der Waals surface area contributed by atoms with E-state index in [9.17, 15) is 5.11 Å². The summed E-state index contributed by atoms with van der Waals surface area (Å²) in [6.07, 6.45) is 2.50. The lowest BCUT2D eigenvalue weighted by atomic mass is 10.1. The second kappa shape index (κ2) is 6.84. The van der Waals surface area contributed by atoms with Gasteiger partial charge in [-0.1, -0.05) is 6.08 Å². The second-order valence-corrected chi connectivity index (χ2v) is 5.02. The van der Waals surface area contributed by atoms with Gasteiger partial charge in [0, 0.05) is 5.56 Å². The Morgan fingerprint density at radius 3 is 2.29 bits per heavy atom. The van der Waals surface area contributed by atoms with Crippen molar-refractivity contribution in [2.75, 3.05) is 0 Å². The summed E-state index contributed by atoms with van der Waals surface area (Å²) in [5.74, 6) is 2.47. The molecule has 3 heteroatoms. The van der Waals surface area contributed by atoms with Crippen LogP contribution in [0.4, 0.5) is 0 Å². The van der Waals surface area contributed by atoms with Gasteiger partial charge in [-0.05, 0) is 62.7 Å². The summed E-state index contributed by atoms with van der Waals surface area (Å²) in [6, 6.07) is 12.6. The molecule has 0 aliphatic heterocycles. The van der Waals surface area contributed by atoms with Gasteiger partial charge in [0.2, 0.25) is 0 Å². The van der Waals surface area contributed by atoms with Crippen LogP contribution in [-0.4, -0.2) is 11.2 Å². The molecule has 0 atom stereocenters. The Labute approximate surface area is 125 Å². The van der Waals surface area contributed by atoms with Gasteiger partial charge < -0.3 is 14.6 Å². The van der Waals surface area contributed by atoms with Crippen LogP contribution in [-0.2, 0) is 6.42 Å². The maximum Gasteiger partial charge on any atom is 0.127 e. The van der Waals surface area contributed by atoms with Gasteiger partial charge in [0.15, 0.2) is 0 Å². The van der Waals surface area contributed by atoms with Crippen molar-refractivity contribution in [3.8, 4) is 23.0 Å². The van der Waals surface area contributed by atoms with E-state index in [-0.39, 0.29) is 11.9 Å². The molecule has 1 N–H and O–H groups in total. The predicted octanol–water partition coefficient (Wildman–Crippen LogP) is 4.70. The number of rotatable bonds is 6. The van der Waals surface area contributed by atoms with Crippen LogP contribution in [0, 0.1) is 0 Å². The molecule has 0 saturated carbocycles. The lowest BCUT2D eigenvalue weighted by Gasteiger charge is -2.11. The molecule has 0 amide bonds. The first-order valence-corrected chi connectivity index (χ1v) is 6.96. The Morgan fingerprint density at radius 2 is 1.67 bits per heavy atom. The highest BCUT2D eigenvalue weighted by atomic mass is 16.5. The Kier molecular flexibility index (Phi) is 4.88. The number of hydrogen-bond donors (Lipinski definition) is 1. The third-order valence-electron chi connectivity index (χ3n) is 2.85. The van der Waals surface area contributed by atoms with E-state index in [1.165, 1.54) is 0 Å². The molecule has 2 rings (SSSR count). The molecule has 0 radical (unpaired) electrons. The highest BCUT2D eigenvalue weighted by molar-refractivity contribution is 5.42. The van der Waals surface area contributed by atoms with E-state index in [0.717, 1.165) is 17.1 Å². The van der Waals surface area contributed by atoms with Crippen molar-refractivity contribution in [2.45, 2.75) is 26.4 Å². The average Bonchev–Trinajstić information content (AvgIpc) is 2.44. The monoisotopic (exact) mass is 284 g/mol. The average molecular weight is 284 g/mol. The minimum Gasteiger partial charge on any atom is -0.508 e. The van der Waals surface area contributed by atoms with E-state index in [1.807, 2.05) is 44.2 Å². The lowest BCUT2D eigenvalue weighted by molar-refractivity contribution is 0.242. The molecule has 0 spiro atoms. The van der Waals surface area contributed by atoms with E-state index >= 15 is 0 Å². The molecular formula is C18H20O3. The Bertz CT molecular complexity index is 600. The molecule has 0 bridgehead atoms. The van der Waals surface area contributed by atoms with Crippen LogP contribution in [0.15, 0.2) is 55.1 Å². The number of benzene rings is 2. The Morgan fingerprint density at radius 1 is 1.05 bits per heavy atom. The normalized spacial score (nSPS) is 10.4. The van der Waals surface area contributed by atoms with Crippen molar-refractivity contribution in [2.24, 2.45) is 0 Å². The maximum absolute atomic E-state index is 9.73. The molecular weight excluding hydrogens is 264 g/mol. The fourth-order valence-corrected chi connectivity index (χ4v) is 1.94. The van der Waals surface area contributed by atoms with Crippen molar-refractivity contribution in [1.29, 1.82) is 0 Å². The Hall–Kier alpha value is -2.42. The summed E-state index contributed by atoms with van der Waals surface area (Å²) < 4.78 is 11.4. The molecule has 21 heavy (non-hydrogen) atoms. The van der Waals surface area contributed by atoms with Gasteiger partial charge in [0.25, 0.3) is 0 Å². The number of ether oxygens (including phenoxy) is 2. The lowest BCUT2D eigenvalue weighted by Crippen LogP contribution is -2.05. The zero-order chi connectivity index (χ0) is 15.2. The molecule has 110 valence electrons. The number of phenols is 1. The third-order valence-corrected chi connectivity index (χ3v) is 2.85. The van der Waals surface area contributed by atoms with Gasteiger partial charge in [-0.15, -0.1) is 6.58 Å². The summed E-state index contributed by atoms with van der Waals surface area (Å²) in [6.45, 7) is 7.65. The van der Waals surface area contributed by atoms with Crippen LogP contribution in [0.1, 0.15) is 19.4 Å². The number of allylic oxidation sites excluding steroid dienone is 1. The highest BCUT2D eigenvalue weighted by Crippen LogP contribution is 2.28. The fraction of sp³-hybridized carbons (Fsp3) is 0.222. The predicted molar refractivity (Wildman–Crippen MR) is 84.3 cm³/mol. The highest BCUT2D eigenvalue weighted by Gasteiger charge is 2.04. The van der Waals surface area contributed by atoms with Gasteiger partial charge in [-0.25, -0.2) is 0 Å². The SMILES string of the molecule is C=CCc1cc(Oc2ccc(OC(C)C)cc2)ccc1O. The summed E-state index contributed by atoms with van der Waals surface area (Å²) in [4.78, 5) is 0. The van der Waals surface area contributed by atoms with Crippen molar-refractivity contribution in [3.63, 3.8) is 0 Å². The summed E-state index contributed by atoms with van der Waals surface area (Å²) in [7, 11) is 0. The first kappa shape index (κ1) is 15.0. The first-order chi connectivity index (χ1) is 10.1. The van der Waals surface area contributed by atoms with Gasteiger partial charge >= 0.3 is 0 Å². The van der Waals surface area contributed by atoms with E-state index in [1.54, 1.807) is 18.2 Å². The number of phenolic OH excluding ortho intramolecular Hbond substituents is 1. The van der Waals surface area contributed by atoms with Crippen molar-refractivity contribution in [1.82, 2.24) is 0 Å². The maximum atomic E-state index is 9.73. The summed E-state index contributed by atoms with van der Waals surface area (Å²) >= 11 is 0. The van der Waals surface area contributed by atoms with Crippen molar-refractivity contribution in [3.05, 3.63) is 60.7 Å². The van der Waals surface area contributed by atoms with Crippen molar-refractivity contribution >= 4 is 0 Å². The van der Waals surface area contributed by atoms with Crippen LogP contribution in [0.3, 0.4) is 0 Å². The van der Waals surface area contributed by atoms with Gasteiger partial charge in [0.05, 0.1) is 6.10 Å². The third kappa shape index (κ3) is 4.28. The van der Waals surface area contributed by atoms with Gasteiger partial charge in [0.1, 0.15) is 23.0 Å². The molecule has 0 saturated heterocycles. The molecule has 0 unspecified atom stereocenters. The zero-order valence-corrected chi connectivity index (χ0v) is 12.4. The quantitative estimate of drug-likeness (QED) is 0.781. The van der Waals surface area contributed by atoms with E-state index in [0.29, 0.717) is 12.2 Å². The van der Waals surface area contributed by atoms with E-state index in [2.05, 4.69) is 6.58 Å². The van der Waals surface area contributed by atoms with Crippen molar-refractivity contribution < 1.29 is 14.6 Å². The zero-order valence-electron chi connectivity index (χ0n) is 12.4. The van der Waals surface area contributed by atoms with E-state index in [4.69, 9.17) is 9.47 Å². The molecule has 3 nitrogen and oxygen atoms in total. The molecule has 2 aromatic carbocycles. The van der Waals surface area contributed by atoms with Crippen LogP contribution < -0.4 is 9.47 Å². The van der Waals surface area contributed by atoms with Crippen LogP contribution in [0.5, 0.6) is 23.0 Å². The Balaban J connectivity index is 2.10. The topological polar surface area (TPSA) is 38.7 Å². The molecule has 0 aliphatic rings. The summed E-state index contributed by atoms with van der Waals surface area (Å²) in [5.41, 5.74) is 0.794. The molecule has 0 heterocycles. The van der Waals surface area contributed by atoms with Crippen LogP contribution in [0.25, 0.3) is 0 Å². The molecule has 0 aliphatic carbocycles. The molecule has 0 fully saturated rings. The van der Waals surface area contributed by atoms with Gasteiger partial charge in [-0.3, -0.25) is 0 Å². The largest absolute Gasteiger partial charge is 0.508 e. The summed E-state index contributed by atoms with van der Waals surface area (Å²) in [5, 5.41) is 9.73. The minimum atomic E-state index is 0.148.